The number of hydrogen-bond donors (Lipinski definition) is 3. The first kappa shape index (κ1) is 15.1. The van der Waals surface area contributed by atoms with Gasteiger partial charge >= 0.3 is 5.97 Å². The lowest BCUT2D eigenvalue weighted by Crippen LogP contribution is -2.33. The van der Waals surface area contributed by atoms with E-state index in [0.717, 1.165) is 12.2 Å². The van der Waals surface area contributed by atoms with Gasteiger partial charge in [0.1, 0.15) is 23.5 Å². The molecule has 112 valence electrons. The highest BCUT2D eigenvalue weighted by molar-refractivity contribution is 7.99. The predicted octanol–water partition coefficient (Wildman–Crippen LogP) is 0.339. The van der Waals surface area contributed by atoms with Crippen molar-refractivity contribution in [2.24, 2.45) is 0 Å². The van der Waals surface area contributed by atoms with E-state index in [1.54, 1.807) is 0 Å². The van der Waals surface area contributed by atoms with Crippen molar-refractivity contribution in [3.8, 4) is 0 Å². The third-order valence-electron chi connectivity index (χ3n) is 2.61. The van der Waals surface area contributed by atoms with E-state index in [2.05, 4.69) is 15.4 Å². The van der Waals surface area contributed by atoms with E-state index in [-0.39, 0.29) is 11.2 Å². The van der Waals surface area contributed by atoms with Gasteiger partial charge in [0.05, 0.1) is 0 Å². The van der Waals surface area contributed by atoms with Crippen LogP contribution in [0.1, 0.15) is 23.7 Å². The van der Waals surface area contributed by atoms with Gasteiger partial charge in [-0.15, -0.1) is 11.8 Å². The van der Waals surface area contributed by atoms with Gasteiger partial charge in [0, 0.05) is 6.07 Å². The first-order valence-electron chi connectivity index (χ1n) is 6.26. The Morgan fingerprint density at radius 1 is 1.52 bits per heavy atom. The number of nitrogens with one attached hydrogen (secondary N) is 2. The normalized spacial score (nSPS) is 10.7. The van der Waals surface area contributed by atoms with Crippen LogP contribution in [0.5, 0.6) is 0 Å². The minimum atomic E-state index is -1.18. The molecule has 1 amide bonds. The molecule has 2 rings (SSSR count). The van der Waals surface area contributed by atoms with Crippen LogP contribution in [0, 0.1) is 0 Å². The second-order valence-corrected chi connectivity index (χ2v) is 5.31. The molecule has 0 aliphatic rings. The minimum absolute atomic E-state index is 0.168. The number of carboxylic acids is 1. The van der Waals surface area contributed by atoms with Crippen molar-refractivity contribution in [3.63, 3.8) is 0 Å². The summed E-state index contributed by atoms with van der Waals surface area (Å²) in [6.07, 6.45) is 2.31. The number of hydrogen-bond acceptors (Lipinski definition) is 5. The number of aliphatic carboxylic acids is 1. The fourth-order valence-electron chi connectivity index (χ4n) is 1.74. The van der Waals surface area contributed by atoms with Crippen LogP contribution in [-0.4, -0.2) is 43.9 Å². The molecule has 8 nitrogen and oxygen atoms in total. The van der Waals surface area contributed by atoms with Crippen molar-refractivity contribution in [1.82, 2.24) is 19.9 Å². The number of aromatic nitrogens is 3. The highest BCUT2D eigenvalue weighted by atomic mass is 32.2. The van der Waals surface area contributed by atoms with Gasteiger partial charge in [-0.3, -0.25) is 19.5 Å². The lowest BCUT2D eigenvalue weighted by molar-refractivity contribution is -0.135. The van der Waals surface area contributed by atoms with Crippen molar-refractivity contribution in [2.75, 3.05) is 12.3 Å². The minimum Gasteiger partial charge on any atom is -0.480 e. The van der Waals surface area contributed by atoms with Crippen molar-refractivity contribution in [3.05, 3.63) is 28.2 Å². The van der Waals surface area contributed by atoms with Crippen LogP contribution in [-0.2, 0) is 4.79 Å². The molecule has 0 spiro atoms. The molecule has 9 heteroatoms. The number of carbonyl (C=O) groups excluding carboxylic acids is 1. The average Bonchev–Trinajstić information content (AvgIpc) is 2.91. The number of thioether (sulfide) groups is 1. The number of pyridine rings is 1. The molecular weight excluding hydrogens is 296 g/mol. The van der Waals surface area contributed by atoms with Crippen LogP contribution < -0.4 is 10.7 Å². The van der Waals surface area contributed by atoms with Crippen LogP contribution in [0.15, 0.2) is 22.2 Å². The smallest absolute Gasteiger partial charge is 0.322 e. The zero-order valence-electron chi connectivity index (χ0n) is 11.3. The van der Waals surface area contributed by atoms with Crippen molar-refractivity contribution < 1.29 is 14.7 Å². The van der Waals surface area contributed by atoms with E-state index in [1.165, 1.54) is 28.7 Å². The second-order valence-electron chi connectivity index (χ2n) is 4.19. The third-order valence-corrected chi connectivity index (χ3v) is 3.82. The largest absolute Gasteiger partial charge is 0.480 e. The predicted molar refractivity (Wildman–Crippen MR) is 76.8 cm³/mol. The maximum absolute atomic E-state index is 12.1. The van der Waals surface area contributed by atoms with Gasteiger partial charge in [-0.2, -0.15) is 0 Å². The van der Waals surface area contributed by atoms with E-state index in [1.807, 2.05) is 6.92 Å². The van der Waals surface area contributed by atoms with Crippen molar-refractivity contribution >= 4 is 29.3 Å². The number of aromatic amines is 1. The lowest BCUT2D eigenvalue weighted by atomic mass is 10.2. The fraction of sp³-hybridized carbons (Fsp3) is 0.333. The van der Waals surface area contributed by atoms with E-state index in [9.17, 15) is 14.4 Å². The molecule has 0 fully saturated rings. The van der Waals surface area contributed by atoms with Crippen molar-refractivity contribution in [1.29, 1.82) is 0 Å². The number of rotatable bonds is 6. The molecule has 2 heterocycles. The maximum atomic E-state index is 12.1. The Balaban J connectivity index is 2.43. The highest BCUT2D eigenvalue weighted by Gasteiger charge is 2.19. The molecule has 3 N–H and O–H groups in total. The van der Waals surface area contributed by atoms with Gasteiger partial charge < -0.3 is 10.4 Å². The quantitative estimate of drug-likeness (QED) is 0.662. The standard InChI is InChI=1S/C12H14N4O4S/c1-2-3-21-8-4-7(17)10(11-14-6-15-16(8)11)12(20)13-5-9(18)19/h4,6H,2-3,5H2,1H3,(H,13,20)(H,14,15)(H,18,19). The Morgan fingerprint density at radius 2 is 2.29 bits per heavy atom. The van der Waals surface area contributed by atoms with Crippen LogP contribution in [0.2, 0.25) is 0 Å². The van der Waals surface area contributed by atoms with Gasteiger partial charge in [0.15, 0.2) is 11.1 Å². The Kier molecular flexibility index (Phi) is 4.63. The van der Waals surface area contributed by atoms with Crippen LogP contribution >= 0.6 is 11.8 Å². The number of carbonyl (C=O) groups is 2. The fourth-order valence-corrected chi connectivity index (χ4v) is 2.61. The molecule has 0 aliphatic carbocycles. The molecule has 0 atom stereocenters. The lowest BCUT2D eigenvalue weighted by Gasteiger charge is -2.07. The summed E-state index contributed by atoms with van der Waals surface area (Å²) in [5, 5.41) is 14.2. The summed E-state index contributed by atoms with van der Waals surface area (Å²) in [5.74, 6) is -1.11. The Bertz CT molecular complexity index is 736. The highest BCUT2D eigenvalue weighted by Crippen LogP contribution is 2.18. The first-order chi connectivity index (χ1) is 10.0. The molecule has 0 aliphatic heterocycles. The summed E-state index contributed by atoms with van der Waals surface area (Å²) in [4.78, 5) is 38.5. The monoisotopic (exact) mass is 310 g/mol. The average molecular weight is 310 g/mol. The van der Waals surface area contributed by atoms with Gasteiger partial charge in [-0.1, -0.05) is 6.92 Å². The molecule has 0 saturated heterocycles. The maximum Gasteiger partial charge on any atom is 0.322 e. The number of amides is 1. The number of nitrogens with zero attached hydrogens (tertiary/aromatic N) is 2. The topological polar surface area (TPSA) is 117 Å². The molecule has 0 unspecified atom stereocenters. The zero-order chi connectivity index (χ0) is 15.4. The summed E-state index contributed by atoms with van der Waals surface area (Å²) >= 11 is 1.47. The van der Waals surface area contributed by atoms with Gasteiger partial charge in [-0.25, -0.2) is 9.50 Å². The van der Waals surface area contributed by atoms with Gasteiger partial charge in [0.2, 0.25) is 0 Å². The molecule has 2 aromatic rings. The molecular formula is C12H14N4O4S. The Hall–Kier alpha value is -2.29. The van der Waals surface area contributed by atoms with Gasteiger partial charge in [-0.05, 0) is 12.2 Å². The molecule has 0 radical (unpaired) electrons. The van der Waals surface area contributed by atoms with Crippen LogP contribution in [0.4, 0.5) is 0 Å². The van der Waals surface area contributed by atoms with Crippen LogP contribution in [0.3, 0.4) is 0 Å². The Morgan fingerprint density at radius 3 is 2.95 bits per heavy atom. The van der Waals surface area contributed by atoms with E-state index >= 15 is 0 Å². The third kappa shape index (κ3) is 3.24. The number of fused-ring (bicyclic) bond motifs is 1. The molecule has 0 saturated carbocycles. The van der Waals surface area contributed by atoms with E-state index < -0.39 is 23.9 Å². The van der Waals surface area contributed by atoms with Crippen molar-refractivity contribution in [2.45, 2.75) is 18.4 Å². The van der Waals surface area contributed by atoms with E-state index in [4.69, 9.17) is 5.11 Å². The number of H-pyrrole nitrogens is 1. The summed E-state index contributed by atoms with van der Waals surface area (Å²) in [6, 6.07) is 1.35. The molecule has 21 heavy (non-hydrogen) atoms. The van der Waals surface area contributed by atoms with Crippen LogP contribution in [0.25, 0.3) is 5.65 Å². The van der Waals surface area contributed by atoms with E-state index in [0.29, 0.717) is 5.03 Å². The number of carboxylic acid groups (broad SMARTS) is 1. The summed E-state index contributed by atoms with van der Waals surface area (Å²) in [5.41, 5.74) is -0.467. The summed E-state index contributed by atoms with van der Waals surface area (Å²) in [7, 11) is 0. The molecule has 0 bridgehead atoms. The summed E-state index contributed by atoms with van der Waals surface area (Å²) in [6.45, 7) is 1.47. The van der Waals surface area contributed by atoms with Gasteiger partial charge in [0.25, 0.3) is 5.91 Å². The zero-order valence-corrected chi connectivity index (χ0v) is 12.1. The first-order valence-corrected chi connectivity index (χ1v) is 7.25. The second kappa shape index (κ2) is 6.44. The molecule has 0 aromatic carbocycles. The summed E-state index contributed by atoms with van der Waals surface area (Å²) < 4.78 is 1.54. The SMILES string of the molecule is CCCSc1cc(=O)c(C(=O)NCC(=O)O)c2nc[nH]n12. The Labute approximate surface area is 123 Å². The molecule has 2 aromatic heterocycles.